The van der Waals surface area contributed by atoms with E-state index in [1.165, 1.54) is 0 Å². The number of ether oxygens (including phenoxy) is 1. The second kappa shape index (κ2) is 4.71. The lowest BCUT2D eigenvalue weighted by Crippen LogP contribution is -2.20. The van der Waals surface area contributed by atoms with Crippen molar-refractivity contribution in [1.29, 1.82) is 0 Å². The smallest absolute Gasteiger partial charge is 0.506 e. The average Bonchev–Trinajstić information content (AvgIpc) is 2.16. The van der Waals surface area contributed by atoms with Gasteiger partial charge in [0.2, 0.25) is 5.88 Å². The first-order valence-electron chi connectivity index (χ1n) is 4.16. The normalized spacial score (nSPS) is 12.6. The Balaban J connectivity index is 3.39. The van der Waals surface area contributed by atoms with E-state index in [1.807, 2.05) is 0 Å². The van der Waals surface area contributed by atoms with Crippen molar-refractivity contribution in [2.24, 2.45) is 0 Å². The van der Waals surface area contributed by atoms with Crippen molar-refractivity contribution >= 4 is 11.6 Å². The van der Waals surface area contributed by atoms with Gasteiger partial charge in [0.25, 0.3) is 0 Å². The Morgan fingerprint density at radius 1 is 1.22 bits per heavy atom. The minimum Gasteiger partial charge on any atom is -0.506 e. The molecule has 1 aromatic rings. The van der Waals surface area contributed by atoms with Crippen LogP contribution in [0, 0.1) is 0 Å². The number of aromatic hydroxyl groups is 1. The van der Waals surface area contributed by atoms with Crippen molar-refractivity contribution in [1.82, 2.24) is 4.98 Å². The summed E-state index contributed by atoms with van der Waals surface area (Å²) in [6.45, 7) is 0. The van der Waals surface area contributed by atoms with Crippen LogP contribution < -0.4 is 4.74 Å². The molecule has 0 aliphatic rings. The molecule has 0 spiro atoms. The van der Waals surface area contributed by atoms with Crippen LogP contribution in [0.15, 0.2) is 6.20 Å². The molecular weight excluding hydrogens is 292 g/mol. The van der Waals surface area contributed by atoms with E-state index in [-0.39, 0.29) is 6.20 Å². The van der Waals surface area contributed by atoms with Gasteiger partial charge in [-0.25, -0.2) is 4.98 Å². The maximum Gasteiger partial charge on any atom is 0.574 e. The molecule has 1 heterocycles. The van der Waals surface area contributed by atoms with Gasteiger partial charge in [-0.3, -0.25) is 0 Å². The van der Waals surface area contributed by atoms with Crippen LogP contribution in [0.5, 0.6) is 11.6 Å². The van der Waals surface area contributed by atoms with Crippen LogP contribution in [0.2, 0.25) is 0 Å². The quantitative estimate of drug-likeness (QED) is 0.671. The molecule has 0 fully saturated rings. The van der Waals surface area contributed by atoms with Crippen LogP contribution in [0.3, 0.4) is 0 Å². The van der Waals surface area contributed by atoms with Crippen LogP contribution in [0.1, 0.15) is 11.1 Å². The lowest BCUT2D eigenvalue weighted by Gasteiger charge is -2.16. The van der Waals surface area contributed by atoms with Crippen LogP contribution >= 0.6 is 11.6 Å². The average molecular weight is 296 g/mol. The van der Waals surface area contributed by atoms with Crippen molar-refractivity contribution in [2.75, 3.05) is 0 Å². The maximum atomic E-state index is 12.5. The molecule has 0 unspecified atom stereocenters. The molecule has 0 amide bonds. The van der Waals surface area contributed by atoms with E-state index in [0.717, 1.165) is 0 Å². The highest BCUT2D eigenvalue weighted by Gasteiger charge is 2.40. The van der Waals surface area contributed by atoms with Crippen LogP contribution in [-0.4, -0.2) is 16.5 Å². The molecule has 0 aliphatic heterocycles. The number of aromatic nitrogens is 1. The number of rotatable bonds is 2. The minimum atomic E-state index is -5.21. The first-order chi connectivity index (χ1) is 8.06. The Morgan fingerprint density at radius 2 is 1.78 bits per heavy atom. The highest BCUT2D eigenvalue weighted by atomic mass is 35.5. The van der Waals surface area contributed by atoms with E-state index < -0.39 is 41.2 Å². The van der Waals surface area contributed by atoms with Gasteiger partial charge in [-0.15, -0.1) is 24.8 Å². The number of nitrogens with zero attached hydrogens (tertiary/aromatic N) is 1. The maximum absolute atomic E-state index is 12.5. The zero-order valence-electron chi connectivity index (χ0n) is 8.23. The Bertz CT molecular complexity index is 444. The summed E-state index contributed by atoms with van der Waals surface area (Å²) in [6.07, 6.45) is -10.1. The molecule has 0 aliphatic carbocycles. The molecule has 0 saturated carbocycles. The molecular formula is C8H4ClF6NO2. The summed E-state index contributed by atoms with van der Waals surface area (Å²) in [7, 11) is 0. The Kier molecular flexibility index (Phi) is 3.84. The van der Waals surface area contributed by atoms with Crippen LogP contribution in [0.25, 0.3) is 0 Å². The number of halogens is 7. The van der Waals surface area contributed by atoms with Gasteiger partial charge in [0.05, 0.1) is 12.1 Å². The lowest BCUT2D eigenvalue weighted by molar-refractivity contribution is -0.276. The van der Waals surface area contributed by atoms with Gasteiger partial charge in [-0.05, 0) is 0 Å². The van der Waals surface area contributed by atoms with Gasteiger partial charge in [0.15, 0.2) is 0 Å². The number of hydrogen-bond donors (Lipinski definition) is 1. The van der Waals surface area contributed by atoms with Gasteiger partial charge in [-0.1, -0.05) is 0 Å². The Hall–Kier alpha value is -1.38. The Labute approximate surface area is 101 Å². The van der Waals surface area contributed by atoms with E-state index >= 15 is 0 Å². The highest BCUT2D eigenvalue weighted by molar-refractivity contribution is 6.17. The molecule has 0 saturated heterocycles. The molecule has 10 heteroatoms. The number of pyridine rings is 1. The van der Waals surface area contributed by atoms with Crippen molar-refractivity contribution in [3.8, 4) is 11.6 Å². The number of hydrogen-bond acceptors (Lipinski definition) is 3. The lowest BCUT2D eigenvalue weighted by atomic mass is 10.1. The summed E-state index contributed by atoms with van der Waals surface area (Å²) < 4.78 is 76.7. The molecule has 1 rings (SSSR count). The summed E-state index contributed by atoms with van der Waals surface area (Å²) in [5.41, 5.74) is -2.78. The van der Waals surface area contributed by atoms with Gasteiger partial charge >= 0.3 is 12.5 Å². The molecule has 0 atom stereocenters. The van der Waals surface area contributed by atoms with Crippen molar-refractivity contribution in [2.45, 2.75) is 18.4 Å². The monoisotopic (exact) mass is 295 g/mol. The fourth-order valence-electron chi connectivity index (χ4n) is 1.16. The summed E-state index contributed by atoms with van der Waals surface area (Å²) in [6, 6.07) is 0. The SMILES string of the molecule is Oc1cnc(OC(F)(F)F)c(CCl)c1C(F)(F)F. The predicted octanol–water partition coefficient (Wildman–Crippen LogP) is 3.44. The molecule has 18 heavy (non-hydrogen) atoms. The van der Waals surface area contributed by atoms with Gasteiger partial charge < -0.3 is 9.84 Å². The van der Waals surface area contributed by atoms with Crippen molar-refractivity contribution in [3.05, 3.63) is 17.3 Å². The van der Waals surface area contributed by atoms with Crippen LogP contribution in [0.4, 0.5) is 26.3 Å². The predicted molar refractivity (Wildman–Crippen MR) is 47.1 cm³/mol. The van der Waals surface area contributed by atoms with E-state index in [2.05, 4.69) is 9.72 Å². The summed E-state index contributed by atoms with van der Waals surface area (Å²) in [5, 5.41) is 9.00. The van der Waals surface area contributed by atoms with E-state index in [9.17, 15) is 26.3 Å². The molecule has 1 aromatic heterocycles. The largest absolute Gasteiger partial charge is 0.574 e. The van der Waals surface area contributed by atoms with E-state index in [1.54, 1.807) is 0 Å². The third-order valence-corrected chi connectivity index (χ3v) is 2.02. The molecule has 102 valence electrons. The highest BCUT2D eigenvalue weighted by Crippen LogP contribution is 2.42. The van der Waals surface area contributed by atoms with Crippen LogP contribution in [-0.2, 0) is 12.1 Å². The minimum absolute atomic E-state index is 0.208. The summed E-state index contributed by atoms with van der Waals surface area (Å²) >= 11 is 5.15. The van der Waals surface area contributed by atoms with E-state index in [0.29, 0.717) is 0 Å². The molecule has 0 aromatic carbocycles. The third-order valence-electron chi connectivity index (χ3n) is 1.75. The standard InChI is InChI=1S/C8H4ClF6NO2/c9-1-3-5(7(10,11)12)4(17)2-16-6(3)18-8(13,14)15/h2,17H,1H2. The molecule has 1 N–H and O–H groups in total. The van der Waals surface area contributed by atoms with Crippen molar-refractivity contribution < 1.29 is 36.2 Å². The fourth-order valence-corrected chi connectivity index (χ4v) is 1.41. The summed E-state index contributed by atoms with van der Waals surface area (Å²) in [5.74, 6) is -3.63. The molecule has 0 bridgehead atoms. The Morgan fingerprint density at radius 3 is 2.17 bits per heavy atom. The zero-order chi connectivity index (χ0) is 14.1. The topological polar surface area (TPSA) is 42.4 Å². The van der Waals surface area contributed by atoms with E-state index in [4.69, 9.17) is 16.7 Å². The fraction of sp³-hybridized carbons (Fsp3) is 0.375. The molecule has 0 radical (unpaired) electrons. The second-order valence-electron chi connectivity index (χ2n) is 2.98. The second-order valence-corrected chi connectivity index (χ2v) is 3.25. The first-order valence-corrected chi connectivity index (χ1v) is 4.69. The third kappa shape index (κ3) is 3.31. The number of alkyl halides is 7. The molecule has 3 nitrogen and oxygen atoms in total. The van der Waals surface area contributed by atoms with Gasteiger partial charge in [0.1, 0.15) is 11.3 Å². The van der Waals surface area contributed by atoms with Gasteiger partial charge in [0, 0.05) is 5.56 Å². The zero-order valence-corrected chi connectivity index (χ0v) is 8.99. The summed E-state index contributed by atoms with van der Waals surface area (Å²) in [4.78, 5) is 2.93. The van der Waals surface area contributed by atoms with Gasteiger partial charge in [-0.2, -0.15) is 13.2 Å². The van der Waals surface area contributed by atoms with Crippen molar-refractivity contribution in [3.63, 3.8) is 0 Å². The first kappa shape index (κ1) is 14.7.